The molecule has 13 heavy (non-hydrogen) atoms. The van der Waals surface area contributed by atoms with Gasteiger partial charge < -0.3 is 14.2 Å². The molecule has 0 aliphatic carbocycles. The summed E-state index contributed by atoms with van der Waals surface area (Å²) in [5.41, 5.74) is 0. The van der Waals surface area contributed by atoms with E-state index < -0.39 is 0 Å². The zero-order valence-electron chi connectivity index (χ0n) is 7.86. The van der Waals surface area contributed by atoms with E-state index in [0.717, 1.165) is 0 Å². The summed E-state index contributed by atoms with van der Waals surface area (Å²) in [6.07, 6.45) is 2.97. The molecule has 0 aromatic carbocycles. The molecule has 0 radical (unpaired) electrons. The standard InChI is InChI=1S/C9H14O4/c1-3-11-9-5-4-8(6-12-9)13-7(2)10/h4-5,8-9H,3,6H2,1-2H3/t8-,9+/m1/s1. The Hall–Kier alpha value is -0.870. The van der Waals surface area contributed by atoms with Crippen LogP contribution in [0.4, 0.5) is 0 Å². The van der Waals surface area contributed by atoms with E-state index in [1.807, 2.05) is 6.92 Å². The van der Waals surface area contributed by atoms with Gasteiger partial charge in [0.05, 0.1) is 6.61 Å². The van der Waals surface area contributed by atoms with Crippen molar-refractivity contribution in [2.24, 2.45) is 0 Å². The lowest BCUT2D eigenvalue weighted by atomic mass is 10.3. The molecule has 0 unspecified atom stereocenters. The van der Waals surface area contributed by atoms with E-state index in [4.69, 9.17) is 14.2 Å². The minimum Gasteiger partial charge on any atom is -0.456 e. The van der Waals surface area contributed by atoms with E-state index in [9.17, 15) is 4.79 Å². The van der Waals surface area contributed by atoms with Gasteiger partial charge in [0.1, 0.15) is 6.10 Å². The third-order valence-electron chi connectivity index (χ3n) is 1.56. The molecule has 1 rings (SSSR count). The van der Waals surface area contributed by atoms with Gasteiger partial charge >= 0.3 is 5.97 Å². The van der Waals surface area contributed by atoms with E-state index >= 15 is 0 Å². The van der Waals surface area contributed by atoms with Crippen LogP contribution in [-0.4, -0.2) is 31.6 Å². The van der Waals surface area contributed by atoms with Crippen LogP contribution in [0.5, 0.6) is 0 Å². The maximum Gasteiger partial charge on any atom is 0.303 e. The SMILES string of the molecule is CCO[C@@H]1C=C[C@@H](OC(C)=O)CO1. The van der Waals surface area contributed by atoms with E-state index in [0.29, 0.717) is 13.2 Å². The minimum atomic E-state index is -0.298. The highest BCUT2D eigenvalue weighted by molar-refractivity contribution is 5.66. The van der Waals surface area contributed by atoms with Crippen LogP contribution >= 0.6 is 0 Å². The molecule has 0 saturated heterocycles. The average molecular weight is 186 g/mol. The summed E-state index contributed by atoms with van der Waals surface area (Å²) in [6.45, 7) is 4.24. The molecule has 0 spiro atoms. The quantitative estimate of drug-likeness (QED) is 0.484. The molecule has 4 heteroatoms. The molecule has 0 bridgehead atoms. The molecular formula is C9H14O4. The van der Waals surface area contributed by atoms with Gasteiger partial charge in [-0.2, -0.15) is 0 Å². The summed E-state index contributed by atoms with van der Waals surface area (Å²) >= 11 is 0. The van der Waals surface area contributed by atoms with E-state index in [1.165, 1.54) is 6.92 Å². The predicted octanol–water partition coefficient (Wildman–Crippen LogP) is 0.867. The fourth-order valence-electron chi connectivity index (χ4n) is 1.07. The van der Waals surface area contributed by atoms with Crippen LogP contribution in [-0.2, 0) is 19.0 Å². The molecule has 4 nitrogen and oxygen atoms in total. The van der Waals surface area contributed by atoms with Crippen molar-refractivity contribution in [3.8, 4) is 0 Å². The van der Waals surface area contributed by atoms with Gasteiger partial charge in [-0.25, -0.2) is 0 Å². The van der Waals surface area contributed by atoms with Crippen molar-refractivity contribution < 1.29 is 19.0 Å². The lowest BCUT2D eigenvalue weighted by molar-refractivity contribution is -0.160. The van der Waals surface area contributed by atoms with Gasteiger partial charge in [0.25, 0.3) is 0 Å². The van der Waals surface area contributed by atoms with Crippen molar-refractivity contribution in [2.75, 3.05) is 13.2 Å². The summed E-state index contributed by atoms with van der Waals surface area (Å²) in [7, 11) is 0. The second-order valence-corrected chi connectivity index (χ2v) is 2.69. The number of hydrogen-bond acceptors (Lipinski definition) is 4. The number of esters is 1. The summed E-state index contributed by atoms with van der Waals surface area (Å²) in [5.74, 6) is -0.298. The highest BCUT2D eigenvalue weighted by Crippen LogP contribution is 2.09. The lowest BCUT2D eigenvalue weighted by Gasteiger charge is -2.22. The van der Waals surface area contributed by atoms with Crippen LogP contribution in [0.3, 0.4) is 0 Å². The largest absolute Gasteiger partial charge is 0.456 e. The highest BCUT2D eigenvalue weighted by atomic mass is 16.7. The molecule has 0 amide bonds. The van der Waals surface area contributed by atoms with Gasteiger partial charge in [0, 0.05) is 13.5 Å². The van der Waals surface area contributed by atoms with Crippen LogP contribution in [0.25, 0.3) is 0 Å². The summed E-state index contributed by atoms with van der Waals surface area (Å²) in [5, 5.41) is 0. The number of hydrogen-bond donors (Lipinski definition) is 0. The Kier molecular flexibility index (Phi) is 3.92. The van der Waals surface area contributed by atoms with E-state index in [-0.39, 0.29) is 18.4 Å². The number of carbonyl (C=O) groups excluding carboxylic acids is 1. The summed E-state index contributed by atoms with van der Waals surface area (Å²) in [6, 6.07) is 0. The molecule has 1 aliphatic heterocycles. The first-order valence-electron chi connectivity index (χ1n) is 4.31. The Labute approximate surface area is 77.5 Å². The predicted molar refractivity (Wildman–Crippen MR) is 46.1 cm³/mol. The molecule has 0 saturated carbocycles. The molecule has 0 fully saturated rings. The Bertz CT molecular complexity index is 200. The van der Waals surface area contributed by atoms with Crippen molar-refractivity contribution >= 4 is 5.97 Å². The zero-order valence-corrected chi connectivity index (χ0v) is 7.86. The third-order valence-corrected chi connectivity index (χ3v) is 1.56. The topological polar surface area (TPSA) is 44.8 Å². The van der Waals surface area contributed by atoms with Crippen molar-refractivity contribution in [3.63, 3.8) is 0 Å². The van der Waals surface area contributed by atoms with Gasteiger partial charge in [0.15, 0.2) is 6.29 Å². The first kappa shape index (κ1) is 10.2. The molecule has 74 valence electrons. The summed E-state index contributed by atoms with van der Waals surface area (Å²) in [4.78, 5) is 10.6. The normalized spacial score (nSPS) is 27.2. The van der Waals surface area contributed by atoms with Crippen LogP contribution in [0.2, 0.25) is 0 Å². The minimum absolute atomic E-state index is 0.269. The van der Waals surface area contributed by atoms with Gasteiger partial charge in [0.2, 0.25) is 0 Å². The highest BCUT2D eigenvalue weighted by Gasteiger charge is 2.17. The molecular weight excluding hydrogens is 172 g/mol. The molecule has 1 aliphatic rings. The van der Waals surface area contributed by atoms with Crippen LogP contribution in [0.15, 0.2) is 12.2 Å². The smallest absolute Gasteiger partial charge is 0.303 e. The van der Waals surface area contributed by atoms with Crippen LogP contribution < -0.4 is 0 Å². The first-order valence-corrected chi connectivity index (χ1v) is 4.31. The second-order valence-electron chi connectivity index (χ2n) is 2.69. The molecule has 0 N–H and O–H groups in total. The van der Waals surface area contributed by atoms with Crippen molar-refractivity contribution in [2.45, 2.75) is 26.2 Å². The Morgan fingerprint density at radius 1 is 1.62 bits per heavy atom. The number of rotatable bonds is 3. The van der Waals surface area contributed by atoms with Crippen molar-refractivity contribution in [1.29, 1.82) is 0 Å². The van der Waals surface area contributed by atoms with Gasteiger partial charge in [-0.1, -0.05) is 0 Å². The first-order chi connectivity index (χ1) is 6.22. The zero-order chi connectivity index (χ0) is 9.68. The fraction of sp³-hybridized carbons (Fsp3) is 0.667. The Morgan fingerprint density at radius 2 is 2.38 bits per heavy atom. The Morgan fingerprint density at radius 3 is 2.85 bits per heavy atom. The third kappa shape index (κ3) is 3.57. The monoisotopic (exact) mass is 186 g/mol. The van der Waals surface area contributed by atoms with E-state index in [2.05, 4.69) is 0 Å². The van der Waals surface area contributed by atoms with Crippen molar-refractivity contribution in [1.82, 2.24) is 0 Å². The maximum absolute atomic E-state index is 10.6. The van der Waals surface area contributed by atoms with Crippen LogP contribution in [0, 0.1) is 0 Å². The summed E-state index contributed by atoms with van der Waals surface area (Å²) < 4.78 is 15.3. The van der Waals surface area contributed by atoms with Gasteiger partial charge in [-0.3, -0.25) is 4.79 Å². The molecule has 0 aromatic heterocycles. The second kappa shape index (κ2) is 4.99. The van der Waals surface area contributed by atoms with E-state index in [1.54, 1.807) is 12.2 Å². The molecule has 0 aromatic rings. The maximum atomic E-state index is 10.6. The van der Waals surface area contributed by atoms with Gasteiger partial charge in [-0.05, 0) is 19.1 Å². The van der Waals surface area contributed by atoms with Gasteiger partial charge in [-0.15, -0.1) is 0 Å². The number of carbonyl (C=O) groups is 1. The molecule has 1 heterocycles. The molecule has 2 atom stereocenters. The number of ether oxygens (including phenoxy) is 3. The lowest BCUT2D eigenvalue weighted by Crippen LogP contribution is -2.29. The Balaban J connectivity index is 2.33. The van der Waals surface area contributed by atoms with Crippen molar-refractivity contribution in [3.05, 3.63) is 12.2 Å². The van der Waals surface area contributed by atoms with Crippen LogP contribution in [0.1, 0.15) is 13.8 Å². The average Bonchev–Trinajstić information content (AvgIpc) is 2.08. The fourth-order valence-corrected chi connectivity index (χ4v) is 1.07.